The van der Waals surface area contributed by atoms with Gasteiger partial charge in [0.1, 0.15) is 6.10 Å². The van der Waals surface area contributed by atoms with Gasteiger partial charge in [0.15, 0.2) is 0 Å². The Kier molecular flexibility index (Phi) is 4.45. The van der Waals surface area contributed by atoms with E-state index in [0.717, 1.165) is 4.90 Å². The van der Waals surface area contributed by atoms with Crippen molar-refractivity contribution in [2.75, 3.05) is 6.54 Å². The molecular weight excluding hydrogens is 328 g/mol. The number of imide groups is 4. The highest BCUT2D eigenvalue weighted by molar-refractivity contribution is 6.21. The third-order valence-corrected chi connectivity index (χ3v) is 4.29. The lowest BCUT2D eigenvalue weighted by atomic mass is 10.1. The number of carbonyl (C=O) groups is 5. The summed E-state index contributed by atoms with van der Waals surface area (Å²) in [5.74, 6) is -3.00. The van der Waals surface area contributed by atoms with Crippen molar-refractivity contribution >= 4 is 29.5 Å². The lowest BCUT2D eigenvalue weighted by molar-refractivity contribution is -0.154. The molecule has 0 aromatic heterocycles. The standard InChI is InChI=1S/C17H16N2O6/c20-12(17(25)19-13(21)7-8-14(19)22)6-3-9-18-15(23)10-4-1-2-5-11(10)16(18)24/h1-2,4-5,12,20H,3,6-9H2. The molecule has 1 aromatic carbocycles. The zero-order valence-corrected chi connectivity index (χ0v) is 13.3. The van der Waals surface area contributed by atoms with Crippen LogP contribution in [-0.4, -0.2) is 57.1 Å². The molecule has 2 aliphatic rings. The first kappa shape index (κ1) is 17.0. The number of nitrogens with zero attached hydrogens (tertiary/aromatic N) is 2. The number of aliphatic hydroxyl groups is 1. The van der Waals surface area contributed by atoms with Crippen molar-refractivity contribution in [1.29, 1.82) is 0 Å². The Morgan fingerprint density at radius 2 is 1.52 bits per heavy atom. The van der Waals surface area contributed by atoms with Crippen molar-refractivity contribution in [3.8, 4) is 0 Å². The highest BCUT2D eigenvalue weighted by atomic mass is 16.3. The van der Waals surface area contributed by atoms with Gasteiger partial charge in [0.2, 0.25) is 11.8 Å². The third kappa shape index (κ3) is 2.96. The molecule has 5 amide bonds. The zero-order valence-electron chi connectivity index (χ0n) is 13.3. The van der Waals surface area contributed by atoms with Crippen LogP contribution in [0.3, 0.4) is 0 Å². The molecule has 0 aliphatic carbocycles. The van der Waals surface area contributed by atoms with Gasteiger partial charge in [-0.05, 0) is 25.0 Å². The van der Waals surface area contributed by atoms with Gasteiger partial charge in [-0.15, -0.1) is 0 Å². The number of aliphatic hydroxyl groups excluding tert-OH is 1. The topological polar surface area (TPSA) is 112 Å². The van der Waals surface area contributed by atoms with Crippen LogP contribution in [-0.2, 0) is 14.4 Å². The quantitative estimate of drug-likeness (QED) is 0.758. The number of hydrogen-bond acceptors (Lipinski definition) is 6. The molecule has 1 atom stereocenters. The number of rotatable bonds is 5. The van der Waals surface area contributed by atoms with E-state index in [9.17, 15) is 29.1 Å². The summed E-state index contributed by atoms with van der Waals surface area (Å²) >= 11 is 0. The van der Waals surface area contributed by atoms with Crippen LogP contribution in [0.1, 0.15) is 46.4 Å². The van der Waals surface area contributed by atoms with Gasteiger partial charge in [-0.3, -0.25) is 28.9 Å². The number of benzene rings is 1. The highest BCUT2D eigenvalue weighted by Gasteiger charge is 2.38. The molecule has 3 rings (SSSR count). The van der Waals surface area contributed by atoms with Gasteiger partial charge >= 0.3 is 0 Å². The summed E-state index contributed by atoms with van der Waals surface area (Å²) in [6.45, 7) is 0.0403. The van der Waals surface area contributed by atoms with Gasteiger partial charge in [0.25, 0.3) is 17.7 Å². The number of fused-ring (bicyclic) bond motifs is 1. The Morgan fingerprint density at radius 1 is 1.00 bits per heavy atom. The highest BCUT2D eigenvalue weighted by Crippen LogP contribution is 2.23. The van der Waals surface area contributed by atoms with Crippen LogP contribution in [0.2, 0.25) is 0 Å². The molecule has 2 heterocycles. The van der Waals surface area contributed by atoms with Crippen molar-refractivity contribution in [3.63, 3.8) is 0 Å². The van der Waals surface area contributed by atoms with E-state index in [1.54, 1.807) is 24.3 Å². The predicted octanol–water partition coefficient (Wildman–Crippen LogP) is 0.0993. The minimum Gasteiger partial charge on any atom is -0.383 e. The van der Waals surface area contributed by atoms with Crippen LogP contribution < -0.4 is 0 Å². The molecule has 1 fully saturated rings. The summed E-state index contributed by atoms with van der Waals surface area (Å²) in [6, 6.07) is 6.47. The van der Waals surface area contributed by atoms with Crippen molar-refractivity contribution in [2.24, 2.45) is 0 Å². The lowest BCUT2D eigenvalue weighted by Crippen LogP contribution is -2.42. The second kappa shape index (κ2) is 6.56. The summed E-state index contributed by atoms with van der Waals surface area (Å²) in [4.78, 5) is 60.9. The molecule has 0 spiro atoms. The van der Waals surface area contributed by atoms with E-state index < -0.39 is 35.6 Å². The summed E-state index contributed by atoms with van der Waals surface area (Å²) in [7, 11) is 0. The van der Waals surface area contributed by atoms with Gasteiger partial charge in [0, 0.05) is 19.4 Å². The number of hydrogen-bond donors (Lipinski definition) is 1. The SMILES string of the molecule is O=C1c2ccccc2C(=O)N1CCCC(O)C(=O)N1C(=O)CCC1=O. The van der Waals surface area contributed by atoms with Gasteiger partial charge < -0.3 is 5.11 Å². The van der Waals surface area contributed by atoms with E-state index in [1.807, 2.05) is 0 Å². The number of amides is 5. The molecule has 2 aliphatic heterocycles. The van der Waals surface area contributed by atoms with Gasteiger partial charge in [-0.1, -0.05) is 12.1 Å². The molecule has 8 nitrogen and oxygen atoms in total. The van der Waals surface area contributed by atoms with Crippen molar-refractivity contribution in [3.05, 3.63) is 35.4 Å². The first-order chi connectivity index (χ1) is 11.9. The molecule has 8 heteroatoms. The summed E-state index contributed by atoms with van der Waals surface area (Å²) in [5, 5.41) is 9.91. The van der Waals surface area contributed by atoms with Gasteiger partial charge in [0.05, 0.1) is 11.1 Å². The fraction of sp³-hybridized carbons (Fsp3) is 0.353. The maximum atomic E-state index is 12.2. The first-order valence-electron chi connectivity index (χ1n) is 7.94. The van der Waals surface area contributed by atoms with E-state index in [4.69, 9.17) is 0 Å². The Morgan fingerprint density at radius 3 is 2.04 bits per heavy atom. The molecule has 0 saturated carbocycles. The average molecular weight is 344 g/mol. The van der Waals surface area contributed by atoms with Gasteiger partial charge in [-0.2, -0.15) is 0 Å². The normalized spacial score (nSPS) is 18.1. The minimum absolute atomic E-state index is 0.0354. The Bertz CT molecular complexity index is 736. The summed E-state index contributed by atoms with van der Waals surface area (Å²) in [6.07, 6.45) is -1.49. The van der Waals surface area contributed by atoms with Crippen LogP contribution >= 0.6 is 0 Å². The number of carbonyl (C=O) groups excluding carboxylic acids is 5. The predicted molar refractivity (Wildman–Crippen MR) is 83.1 cm³/mol. The van der Waals surface area contributed by atoms with Crippen molar-refractivity contribution < 1.29 is 29.1 Å². The van der Waals surface area contributed by atoms with E-state index in [-0.39, 0.29) is 32.2 Å². The molecule has 1 saturated heterocycles. The second-order valence-electron chi connectivity index (χ2n) is 5.93. The molecule has 0 bridgehead atoms. The Labute approximate surface area is 143 Å². The van der Waals surface area contributed by atoms with Crippen molar-refractivity contribution in [2.45, 2.75) is 31.8 Å². The Hall–Kier alpha value is -2.87. The molecule has 130 valence electrons. The largest absolute Gasteiger partial charge is 0.383 e. The molecule has 1 aromatic rings. The molecule has 1 unspecified atom stereocenters. The second-order valence-corrected chi connectivity index (χ2v) is 5.93. The molecule has 1 N–H and O–H groups in total. The third-order valence-electron chi connectivity index (χ3n) is 4.29. The zero-order chi connectivity index (χ0) is 18.1. The maximum Gasteiger partial charge on any atom is 0.264 e. The van der Waals surface area contributed by atoms with E-state index >= 15 is 0 Å². The smallest absolute Gasteiger partial charge is 0.264 e. The summed E-state index contributed by atoms with van der Waals surface area (Å²) < 4.78 is 0. The Balaban J connectivity index is 1.56. The minimum atomic E-state index is -1.53. The van der Waals surface area contributed by atoms with Crippen LogP contribution in [0.15, 0.2) is 24.3 Å². The average Bonchev–Trinajstić information content (AvgIpc) is 3.06. The van der Waals surface area contributed by atoms with Crippen molar-refractivity contribution in [1.82, 2.24) is 9.80 Å². The van der Waals surface area contributed by atoms with E-state index in [2.05, 4.69) is 0 Å². The van der Waals surface area contributed by atoms with Crippen LogP contribution in [0, 0.1) is 0 Å². The summed E-state index contributed by atoms with van der Waals surface area (Å²) in [5.41, 5.74) is 0.662. The molecular formula is C17H16N2O6. The monoisotopic (exact) mass is 344 g/mol. The first-order valence-corrected chi connectivity index (χ1v) is 7.94. The molecule has 25 heavy (non-hydrogen) atoms. The van der Waals surface area contributed by atoms with Gasteiger partial charge in [-0.25, -0.2) is 4.90 Å². The molecule has 0 radical (unpaired) electrons. The lowest BCUT2D eigenvalue weighted by Gasteiger charge is -2.18. The maximum absolute atomic E-state index is 12.2. The van der Waals surface area contributed by atoms with Crippen LogP contribution in [0.5, 0.6) is 0 Å². The van der Waals surface area contributed by atoms with E-state index in [1.165, 1.54) is 0 Å². The van der Waals surface area contributed by atoms with Crippen LogP contribution in [0.25, 0.3) is 0 Å². The number of likely N-dealkylation sites (tertiary alicyclic amines) is 1. The van der Waals surface area contributed by atoms with E-state index in [0.29, 0.717) is 16.0 Å². The van der Waals surface area contributed by atoms with Crippen LogP contribution in [0.4, 0.5) is 0 Å². The fourth-order valence-electron chi connectivity index (χ4n) is 2.98. The fourth-order valence-corrected chi connectivity index (χ4v) is 2.98.